The Bertz CT molecular complexity index is 532. The molecule has 1 aliphatic rings. The van der Waals surface area contributed by atoms with Gasteiger partial charge in [0.25, 0.3) is 0 Å². The van der Waals surface area contributed by atoms with E-state index in [1.54, 1.807) is 6.20 Å². The van der Waals surface area contributed by atoms with E-state index in [-0.39, 0.29) is 5.41 Å². The Labute approximate surface area is 113 Å². The van der Waals surface area contributed by atoms with Gasteiger partial charge in [-0.3, -0.25) is 4.98 Å². The summed E-state index contributed by atoms with van der Waals surface area (Å²) in [5, 5.41) is 0. The summed E-state index contributed by atoms with van der Waals surface area (Å²) in [4.78, 5) is 4.33. The second-order valence-corrected chi connectivity index (χ2v) is 5.23. The maximum absolute atomic E-state index is 5.81. The molecule has 0 aliphatic heterocycles. The van der Waals surface area contributed by atoms with Crippen LogP contribution in [0, 0.1) is 5.41 Å². The zero-order chi connectivity index (χ0) is 13.1. The van der Waals surface area contributed by atoms with E-state index in [1.165, 1.54) is 12.8 Å². The van der Waals surface area contributed by atoms with Crippen LogP contribution in [0.15, 0.2) is 48.7 Å². The average Bonchev–Trinajstić information content (AvgIpc) is 3.27. The van der Waals surface area contributed by atoms with Crippen molar-refractivity contribution in [1.82, 2.24) is 4.98 Å². The third-order valence-corrected chi connectivity index (χ3v) is 3.75. The van der Waals surface area contributed by atoms with Gasteiger partial charge >= 0.3 is 0 Å². The summed E-state index contributed by atoms with van der Waals surface area (Å²) in [6.07, 6.45) is 4.18. The number of hydrogen-bond acceptors (Lipinski definition) is 3. The Kier molecular flexibility index (Phi) is 3.22. The van der Waals surface area contributed by atoms with E-state index in [2.05, 4.69) is 4.98 Å². The Morgan fingerprint density at radius 2 is 1.89 bits per heavy atom. The van der Waals surface area contributed by atoms with Crippen molar-refractivity contribution in [2.45, 2.75) is 12.8 Å². The molecule has 19 heavy (non-hydrogen) atoms. The number of aromatic nitrogens is 1. The van der Waals surface area contributed by atoms with Crippen molar-refractivity contribution in [1.29, 1.82) is 0 Å². The molecule has 0 atom stereocenters. The summed E-state index contributed by atoms with van der Waals surface area (Å²) in [6.45, 7) is 1.45. The standard InChI is InChI=1S/C16H18N2O/c17-11-16(8-9-16)12-19-14-6-4-13(5-7-14)15-3-1-2-10-18-15/h1-7,10H,8-9,11-12,17H2. The molecule has 2 aromatic rings. The van der Waals surface area contributed by atoms with Crippen LogP contribution in [0.5, 0.6) is 5.75 Å². The zero-order valence-electron chi connectivity index (χ0n) is 10.9. The van der Waals surface area contributed by atoms with Gasteiger partial charge in [0.05, 0.1) is 12.3 Å². The lowest BCUT2D eigenvalue weighted by molar-refractivity contribution is 0.239. The molecule has 0 amide bonds. The first-order valence-electron chi connectivity index (χ1n) is 6.66. The fourth-order valence-corrected chi connectivity index (χ4v) is 2.08. The Morgan fingerprint density at radius 1 is 1.11 bits per heavy atom. The molecule has 1 aromatic heterocycles. The van der Waals surface area contributed by atoms with Gasteiger partial charge in [-0.15, -0.1) is 0 Å². The zero-order valence-corrected chi connectivity index (χ0v) is 10.9. The first-order valence-corrected chi connectivity index (χ1v) is 6.66. The monoisotopic (exact) mass is 254 g/mol. The van der Waals surface area contributed by atoms with Gasteiger partial charge in [0.15, 0.2) is 0 Å². The van der Waals surface area contributed by atoms with E-state index in [0.29, 0.717) is 0 Å². The average molecular weight is 254 g/mol. The van der Waals surface area contributed by atoms with Crippen LogP contribution in [0.4, 0.5) is 0 Å². The number of benzene rings is 1. The highest BCUT2D eigenvalue weighted by molar-refractivity contribution is 5.59. The summed E-state index contributed by atoms with van der Waals surface area (Å²) >= 11 is 0. The molecule has 1 aliphatic carbocycles. The summed E-state index contributed by atoms with van der Waals surface area (Å²) in [6, 6.07) is 14.0. The van der Waals surface area contributed by atoms with E-state index in [4.69, 9.17) is 10.5 Å². The molecule has 1 fully saturated rings. The van der Waals surface area contributed by atoms with Gasteiger partial charge in [0.1, 0.15) is 5.75 Å². The lowest BCUT2D eigenvalue weighted by Gasteiger charge is -2.13. The molecule has 3 nitrogen and oxygen atoms in total. The predicted octanol–water partition coefficient (Wildman–Crippen LogP) is 2.87. The van der Waals surface area contributed by atoms with Crippen LogP contribution < -0.4 is 10.5 Å². The minimum Gasteiger partial charge on any atom is -0.493 e. The largest absolute Gasteiger partial charge is 0.493 e. The highest BCUT2D eigenvalue weighted by Crippen LogP contribution is 2.44. The van der Waals surface area contributed by atoms with Crippen LogP contribution in [-0.4, -0.2) is 18.1 Å². The number of pyridine rings is 1. The number of nitrogens with two attached hydrogens (primary N) is 1. The van der Waals surface area contributed by atoms with Gasteiger partial charge in [-0.05, 0) is 49.2 Å². The number of hydrogen-bond donors (Lipinski definition) is 1. The minimum atomic E-state index is 0.250. The highest BCUT2D eigenvalue weighted by Gasteiger charge is 2.42. The molecular weight excluding hydrogens is 236 g/mol. The molecule has 3 heteroatoms. The lowest BCUT2D eigenvalue weighted by Crippen LogP contribution is -2.22. The van der Waals surface area contributed by atoms with Crippen molar-refractivity contribution >= 4 is 0 Å². The van der Waals surface area contributed by atoms with Gasteiger partial charge in [0.2, 0.25) is 0 Å². The van der Waals surface area contributed by atoms with Gasteiger partial charge in [-0.1, -0.05) is 6.07 Å². The molecule has 0 spiro atoms. The number of nitrogens with zero attached hydrogens (tertiary/aromatic N) is 1. The van der Waals surface area contributed by atoms with Crippen molar-refractivity contribution < 1.29 is 4.74 Å². The Morgan fingerprint density at radius 3 is 2.47 bits per heavy atom. The summed E-state index contributed by atoms with van der Waals surface area (Å²) < 4.78 is 5.81. The van der Waals surface area contributed by atoms with Crippen LogP contribution in [0.25, 0.3) is 11.3 Å². The quantitative estimate of drug-likeness (QED) is 0.892. The van der Waals surface area contributed by atoms with Crippen molar-refractivity contribution in [3.05, 3.63) is 48.7 Å². The third kappa shape index (κ3) is 2.76. The van der Waals surface area contributed by atoms with Gasteiger partial charge in [-0.25, -0.2) is 0 Å². The highest BCUT2D eigenvalue weighted by atomic mass is 16.5. The molecule has 2 N–H and O–H groups in total. The van der Waals surface area contributed by atoms with Crippen molar-refractivity contribution in [3.8, 4) is 17.0 Å². The predicted molar refractivity (Wildman–Crippen MR) is 75.9 cm³/mol. The number of rotatable bonds is 5. The third-order valence-electron chi connectivity index (χ3n) is 3.75. The van der Waals surface area contributed by atoms with E-state index in [1.807, 2.05) is 42.5 Å². The molecule has 3 rings (SSSR count). The van der Waals surface area contributed by atoms with Crippen LogP contribution in [0.3, 0.4) is 0 Å². The fraction of sp³-hybridized carbons (Fsp3) is 0.312. The first kappa shape index (κ1) is 12.2. The molecule has 1 heterocycles. The van der Waals surface area contributed by atoms with Gasteiger partial charge in [0, 0.05) is 23.7 Å². The topological polar surface area (TPSA) is 48.1 Å². The summed E-state index contributed by atoms with van der Waals surface area (Å²) in [5.74, 6) is 0.902. The second kappa shape index (κ2) is 5.02. The van der Waals surface area contributed by atoms with Crippen LogP contribution in [-0.2, 0) is 0 Å². The Balaban J connectivity index is 1.66. The second-order valence-electron chi connectivity index (χ2n) is 5.23. The first-order chi connectivity index (χ1) is 9.31. The van der Waals surface area contributed by atoms with Crippen molar-refractivity contribution in [2.24, 2.45) is 11.1 Å². The smallest absolute Gasteiger partial charge is 0.119 e. The molecule has 98 valence electrons. The van der Waals surface area contributed by atoms with E-state index < -0.39 is 0 Å². The molecule has 0 unspecified atom stereocenters. The SMILES string of the molecule is NCC1(COc2ccc(-c3ccccn3)cc2)CC1. The minimum absolute atomic E-state index is 0.250. The number of ether oxygens (including phenoxy) is 1. The van der Waals surface area contributed by atoms with Crippen LogP contribution in [0.1, 0.15) is 12.8 Å². The van der Waals surface area contributed by atoms with Gasteiger partial charge in [-0.2, -0.15) is 0 Å². The molecule has 0 bridgehead atoms. The Hall–Kier alpha value is -1.87. The van der Waals surface area contributed by atoms with Gasteiger partial charge < -0.3 is 10.5 Å². The summed E-state index contributed by atoms with van der Waals surface area (Å²) in [5.41, 5.74) is 8.08. The van der Waals surface area contributed by atoms with Crippen LogP contribution in [0.2, 0.25) is 0 Å². The molecule has 1 aromatic carbocycles. The van der Waals surface area contributed by atoms with E-state index in [0.717, 1.165) is 30.2 Å². The van der Waals surface area contributed by atoms with Crippen LogP contribution >= 0.6 is 0 Å². The van der Waals surface area contributed by atoms with E-state index >= 15 is 0 Å². The molecular formula is C16H18N2O. The van der Waals surface area contributed by atoms with Crippen molar-refractivity contribution in [2.75, 3.05) is 13.2 Å². The normalized spacial score (nSPS) is 16.1. The van der Waals surface area contributed by atoms with Crippen molar-refractivity contribution in [3.63, 3.8) is 0 Å². The molecule has 0 saturated heterocycles. The van der Waals surface area contributed by atoms with E-state index in [9.17, 15) is 0 Å². The lowest BCUT2D eigenvalue weighted by atomic mass is 10.1. The maximum Gasteiger partial charge on any atom is 0.119 e. The molecule has 1 saturated carbocycles. The maximum atomic E-state index is 5.81. The fourth-order valence-electron chi connectivity index (χ4n) is 2.08. The molecule has 0 radical (unpaired) electrons. The summed E-state index contributed by atoms with van der Waals surface area (Å²) in [7, 11) is 0.